The van der Waals surface area contributed by atoms with Crippen LogP contribution in [0.1, 0.15) is 45.1 Å². The maximum atomic E-state index is 12.7. The van der Waals surface area contributed by atoms with Gasteiger partial charge in [0.25, 0.3) is 0 Å². The summed E-state index contributed by atoms with van der Waals surface area (Å²) in [6.07, 6.45) is 6.98. The van der Waals surface area contributed by atoms with Crippen molar-refractivity contribution in [3.05, 3.63) is 12.7 Å². The zero-order valence-corrected chi connectivity index (χ0v) is 17.3. The highest BCUT2D eigenvalue weighted by molar-refractivity contribution is 5.82. The molecule has 0 aromatic carbocycles. The normalized spacial score (nSPS) is 31.5. The summed E-state index contributed by atoms with van der Waals surface area (Å²) >= 11 is 0. The van der Waals surface area contributed by atoms with Crippen molar-refractivity contribution in [2.24, 2.45) is 0 Å². The number of amides is 1. The molecule has 1 amide bonds. The van der Waals surface area contributed by atoms with Crippen LogP contribution >= 0.6 is 0 Å². The van der Waals surface area contributed by atoms with Crippen LogP contribution in [0, 0.1) is 0 Å². The molecule has 0 saturated carbocycles. The van der Waals surface area contributed by atoms with Crippen molar-refractivity contribution in [3.63, 3.8) is 0 Å². The molecular formula is C20H29N7O3. The number of aromatic nitrogens is 4. The van der Waals surface area contributed by atoms with Gasteiger partial charge in [0.1, 0.15) is 11.8 Å². The lowest BCUT2D eigenvalue weighted by molar-refractivity contribution is -0.197. The second-order valence-corrected chi connectivity index (χ2v) is 9.10. The van der Waals surface area contributed by atoms with E-state index in [-0.39, 0.29) is 18.0 Å². The summed E-state index contributed by atoms with van der Waals surface area (Å²) in [4.78, 5) is 27.3. The summed E-state index contributed by atoms with van der Waals surface area (Å²) in [5.74, 6) is 0.519. The summed E-state index contributed by atoms with van der Waals surface area (Å²) in [5, 5.41) is 14.7. The third kappa shape index (κ3) is 3.23. The third-order valence-electron chi connectivity index (χ3n) is 7.01. The van der Waals surface area contributed by atoms with Gasteiger partial charge in [0.2, 0.25) is 5.91 Å². The first-order chi connectivity index (χ1) is 14.4. The molecule has 0 radical (unpaired) electrons. The molecule has 3 aliphatic rings. The van der Waals surface area contributed by atoms with Crippen molar-refractivity contribution in [1.29, 1.82) is 0 Å². The molecule has 2 aromatic heterocycles. The number of carbonyl (C=O) groups excluding carboxylic acids is 1. The lowest BCUT2D eigenvalue weighted by Gasteiger charge is -2.51. The van der Waals surface area contributed by atoms with Crippen LogP contribution in [0.3, 0.4) is 0 Å². The predicted molar refractivity (Wildman–Crippen MR) is 110 cm³/mol. The summed E-state index contributed by atoms with van der Waals surface area (Å²) in [5.41, 5.74) is 5.61. The number of piperidine rings is 1. The molecule has 5 rings (SSSR count). The number of hydrogen-bond donors (Lipinski definition) is 3. The Labute approximate surface area is 174 Å². The van der Waals surface area contributed by atoms with Crippen molar-refractivity contribution in [2.75, 3.05) is 32.0 Å². The summed E-state index contributed by atoms with van der Waals surface area (Å²) in [6, 6.07) is -0.368. The Balaban J connectivity index is 1.30. The minimum atomic E-state index is -1.01. The average Bonchev–Trinajstić information content (AvgIpc) is 3.38. The molecular weight excluding hydrogens is 386 g/mol. The summed E-state index contributed by atoms with van der Waals surface area (Å²) in [6.45, 7) is 4.44. The largest absolute Gasteiger partial charge is 0.388 e. The number of ether oxygens (including phenoxy) is 1. The number of carbonyl (C=O) groups is 1. The molecule has 10 nitrogen and oxygen atoms in total. The van der Waals surface area contributed by atoms with Crippen LogP contribution in [0.15, 0.2) is 12.7 Å². The van der Waals surface area contributed by atoms with Gasteiger partial charge in [-0.05, 0) is 39.2 Å². The van der Waals surface area contributed by atoms with Crippen molar-refractivity contribution in [3.8, 4) is 0 Å². The van der Waals surface area contributed by atoms with E-state index in [9.17, 15) is 9.90 Å². The average molecular weight is 415 g/mol. The molecule has 0 bridgehead atoms. The second kappa shape index (κ2) is 7.14. The zero-order chi connectivity index (χ0) is 20.9. The van der Waals surface area contributed by atoms with Gasteiger partial charge >= 0.3 is 0 Å². The fourth-order valence-corrected chi connectivity index (χ4v) is 5.31. The number of anilines is 1. The highest BCUT2D eigenvalue weighted by atomic mass is 16.5. The van der Waals surface area contributed by atoms with Gasteiger partial charge in [0, 0.05) is 19.5 Å². The summed E-state index contributed by atoms with van der Waals surface area (Å²) < 4.78 is 8.21. The quantitative estimate of drug-likeness (QED) is 0.635. The number of hydrogen-bond acceptors (Lipinski definition) is 8. The van der Waals surface area contributed by atoms with Crippen molar-refractivity contribution in [1.82, 2.24) is 29.7 Å². The number of nitrogens with two attached hydrogens (primary N) is 1. The number of nitrogens with zero attached hydrogens (tertiary/aromatic N) is 5. The van der Waals surface area contributed by atoms with Crippen LogP contribution in [0.5, 0.6) is 0 Å². The third-order valence-corrected chi connectivity index (χ3v) is 7.01. The predicted octanol–water partition coefficient (Wildman–Crippen LogP) is 0.234. The van der Waals surface area contributed by atoms with Crippen LogP contribution in [0.25, 0.3) is 11.2 Å². The monoisotopic (exact) mass is 415 g/mol. The van der Waals surface area contributed by atoms with E-state index in [1.807, 2.05) is 16.4 Å². The fourth-order valence-electron chi connectivity index (χ4n) is 5.31. The van der Waals surface area contributed by atoms with E-state index in [0.29, 0.717) is 43.1 Å². The first kappa shape index (κ1) is 19.7. The number of fused-ring (bicyclic) bond motifs is 1. The number of nitrogen functional groups attached to an aromatic ring is 1. The minimum absolute atomic E-state index is 0.0391. The van der Waals surface area contributed by atoms with Gasteiger partial charge in [0.05, 0.1) is 36.2 Å². The van der Waals surface area contributed by atoms with E-state index in [1.165, 1.54) is 6.33 Å². The van der Waals surface area contributed by atoms with Crippen molar-refractivity contribution < 1.29 is 14.6 Å². The Morgan fingerprint density at radius 2 is 2.13 bits per heavy atom. The van der Waals surface area contributed by atoms with Crippen LogP contribution in [0.2, 0.25) is 0 Å². The van der Waals surface area contributed by atoms with E-state index in [2.05, 4.69) is 20.3 Å². The lowest BCUT2D eigenvalue weighted by Crippen LogP contribution is -2.59. The molecule has 3 aliphatic heterocycles. The van der Waals surface area contributed by atoms with Crippen LogP contribution in [0.4, 0.5) is 5.82 Å². The highest BCUT2D eigenvalue weighted by Gasteiger charge is 2.50. The number of rotatable bonds is 2. The first-order valence-electron chi connectivity index (χ1n) is 10.7. The molecule has 0 unspecified atom stereocenters. The number of aliphatic hydroxyl groups is 1. The zero-order valence-electron chi connectivity index (χ0n) is 17.3. The SMILES string of the molecule is C[C@@]1(O)CC2(CCN(C(=O)[C@@H]3CCCN3)CC2)OC[C@H]1n1cnc2c(N)ncnc21. The highest BCUT2D eigenvalue weighted by Crippen LogP contribution is 2.44. The molecule has 3 saturated heterocycles. The Hall–Kier alpha value is -2.30. The Morgan fingerprint density at radius 3 is 2.83 bits per heavy atom. The molecule has 3 atom stereocenters. The second-order valence-electron chi connectivity index (χ2n) is 9.10. The Bertz CT molecular complexity index is 945. The Morgan fingerprint density at radius 1 is 1.33 bits per heavy atom. The van der Waals surface area contributed by atoms with Gasteiger partial charge in [-0.25, -0.2) is 15.0 Å². The van der Waals surface area contributed by atoms with Crippen LogP contribution < -0.4 is 11.1 Å². The standard InChI is InChI=1S/C20H29N7O3/c1-19(29)10-20(4-7-26(8-5-20)18(28)13-3-2-6-22-13)30-9-14(19)27-12-25-15-16(21)23-11-24-17(15)27/h11-14,22,29H,2-10H2,1H3,(H2,21,23,24)/t13-,14+,19+/m0/s1. The van der Waals surface area contributed by atoms with E-state index in [4.69, 9.17) is 10.5 Å². The number of imidazole rings is 1. The summed E-state index contributed by atoms with van der Waals surface area (Å²) in [7, 11) is 0. The molecule has 5 heterocycles. The van der Waals surface area contributed by atoms with Crippen LogP contribution in [-0.2, 0) is 9.53 Å². The van der Waals surface area contributed by atoms with Crippen LogP contribution in [-0.4, -0.2) is 78.9 Å². The molecule has 0 aliphatic carbocycles. The molecule has 10 heteroatoms. The van der Waals surface area contributed by atoms with E-state index in [1.54, 1.807) is 6.33 Å². The van der Waals surface area contributed by atoms with Gasteiger partial charge in [-0.3, -0.25) is 4.79 Å². The van der Waals surface area contributed by atoms with E-state index in [0.717, 1.165) is 32.2 Å². The smallest absolute Gasteiger partial charge is 0.239 e. The minimum Gasteiger partial charge on any atom is -0.388 e. The number of likely N-dealkylation sites (tertiary alicyclic amines) is 1. The molecule has 1 spiro atoms. The molecule has 2 aromatic rings. The first-order valence-corrected chi connectivity index (χ1v) is 10.7. The molecule has 162 valence electrons. The molecule has 30 heavy (non-hydrogen) atoms. The molecule has 3 fully saturated rings. The van der Waals surface area contributed by atoms with Gasteiger partial charge < -0.3 is 30.4 Å². The van der Waals surface area contributed by atoms with Crippen molar-refractivity contribution in [2.45, 2.75) is 62.3 Å². The van der Waals surface area contributed by atoms with Gasteiger partial charge in [-0.1, -0.05) is 0 Å². The number of nitrogens with one attached hydrogen (secondary N) is 1. The van der Waals surface area contributed by atoms with E-state index < -0.39 is 11.2 Å². The maximum absolute atomic E-state index is 12.7. The maximum Gasteiger partial charge on any atom is 0.239 e. The molecule has 4 N–H and O–H groups in total. The van der Waals surface area contributed by atoms with Gasteiger partial charge in [0.15, 0.2) is 11.5 Å². The topological polar surface area (TPSA) is 131 Å². The Kier molecular flexibility index (Phi) is 4.68. The van der Waals surface area contributed by atoms with Crippen molar-refractivity contribution >= 4 is 22.9 Å². The van der Waals surface area contributed by atoms with E-state index >= 15 is 0 Å². The lowest BCUT2D eigenvalue weighted by atomic mass is 9.75. The van der Waals surface area contributed by atoms with Gasteiger partial charge in [-0.15, -0.1) is 0 Å². The van der Waals surface area contributed by atoms with Gasteiger partial charge in [-0.2, -0.15) is 0 Å². The fraction of sp³-hybridized carbons (Fsp3) is 0.700.